The number of aromatic nitrogens is 2. The van der Waals surface area contributed by atoms with Crippen LogP contribution in [-0.4, -0.2) is 56.7 Å². The highest BCUT2D eigenvalue weighted by atomic mass is 19.4. The van der Waals surface area contributed by atoms with Crippen LogP contribution in [0.2, 0.25) is 0 Å². The van der Waals surface area contributed by atoms with Crippen LogP contribution in [0.5, 0.6) is 0 Å². The maximum absolute atomic E-state index is 13.5. The van der Waals surface area contributed by atoms with E-state index in [9.17, 15) is 27.6 Å². The van der Waals surface area contributed by atoms with E-state index in [1.165, 1.54) is 4.57 Å². The van der Waals surface area contributed by atoms with E-state index >= 15 is 0 Å². The van der Waals surface area contributed by atoms with Crippen molar-refractivity contribution < 1.29 is 27.6 Å². The number of carbonyl (C=O) groups is 3. The maximum Gasteiger partial charge on any atom is 0.449 e. The van der Waals surface area contributed by atoms with Gasteiger partial charge in [-0.1, -0.05) is 12.1 Å². The number of imide groups is 1. The highest BCUT2D eigenvalue weighted by Crippen LogP contribution is 2.33. The predicted molar refractivity (Wildman–Crippen MR) is 100.0 cm³/mol. The molecule has 0 radical (unpaired) electrons. The topological polar surface area (TPSA) is 75.5 Å². The van der Waals surface area contributed by atoms with Gasteiger partial charge < -0.3 is 9.47 Å². The Labute approximate surface area is 170 Å². The molecule has 0 bridgehead atoms. The van der Waals surface area contributed by atoms with Gasteiger partial charge in [-0.25, -0.2) is 4.98 Å². The maximum atomic E-state index is 13.5. The average molecular weight is 422 g/mol. The predicted octanol–water partition coefficient (Wildman–Crippen LogP) is 2.44. The van der Waals surface area contributed by atoms with E-state index in [-0.39, 0.29) is 49.6 Å². The molecule has 2 saturated heterocycles. The van der Waals surface area contributed by atoms with Crippen molar-refractivity contribution >= 4 is 28.8 Å². The molecule has 1 aromatic carbocycles. The lowest BCUT2D eigenvalue weighted by Gasteiger charge is -2.33. The molecule has 7 nitrogen and oxygen atoms in total. The third kappa shape index (κ3) is 3.90. The standard InChI is InChI=1S/C20H21F3N4O3/c21-20(22,23)19-24-14-3-1-2-4-15(14)26(19)11-13-7-9-25(10-8-13)18(30)12-27-16(28)5-6-17(27)29/h1-4,13H,5-12H2. The second-order valence-electron chi connectivity index (χ2n) is 7.73. The molecule has 4 rings (SSSR count). The molecule has 1 aromatic heterocycles. The summed E-state index contributed by atoms with van der Waals surface area (Å²) in [5, 5.41) is 0. The van der Waals surface area contributed by atoms with Crippen molar-refractivity contribution in [2.45, 2.75) is 38.4 Å². The molecule has 160 valence electrons. The Morgan fingerprint density at radius 3 is 2.33 bits per heavy atom. The van der Waals surface area contributed by atoms with E-state index in [1.54, 1.807) is 29.2 Å². The number of piperidine rings is 1. The summed E-state index contributed by atoms with van der Waals surface area (Å²) in [6, 6.07) is 6.52. The Hall–Kier alpha value is -2.91. The number of amides is 3. The van der Waals surface area contributed by atoms with E-state index in [4.69, 9.17) is 0 Å². The number of hydrogen-bond acceptors (Lipinski definition) is 4. The molecule has 2 aliphatic heterocycles. The van der Waals surface area contributed by atoms with E-state index < -0.39 is 12.0 Å². The van der Waals surface area contributed by atoms with Crippen molar-refractivity contribution in [3.8, 4) is 0 Å². The molecule has 10 heteroatoms. The lowest BCUT2D eigenvalue weighted by Crippen LogP contribution is -2.46. The zero-order valence-corrected chi connectivity index (χ0v) is 16.2. The number of fused-ring (bicyclic) bond motifs is 1. The third-order valence-electron chi connectivity index (χ3n) is 5.76. The summed E-state index contributed by atoms with van der Waals surface area (Å²) in [6.45, 7) is 0.675. The fourth-order valence-electron chi connectivity index (χ4n) is 4.13. The summed E-state index contributed by atoms with van der Waals surface area (Å²) in [4.78, 5) is 42.1. The van der Waals surface area contributed by atoms with Crippen LogP contribution in [0, 0.1) is 5.92 Å². The van der Waals surface area contributed by atoms with Crippen molar-refractivity contribution in [3.63, 3.8) is 0 Å². The Morgan fingerprint density at radius 2 is 1.70 bits per heavy atom. The first-order valence-corrected chi connectivity index (χ1v) is 9.87. The summed E-state index contributed by atoms with van der Waals surface area (Å²) in [6.07, 6.45) is -3.21. The molecule has 0 aliphatic carbocycles. The molecule has 0 unspecified atom stereocenters. The minimum Gasteiger partial charge on any atom is -0.341 e. The molecule has 3 heterocycles. The van der Waals surface area contributed by atoms with Crippen LogP contribution in [0.3, 0.4) is 0 Å². The normalized spacial score (nSPS) is 18.6. The molecule has 2 aromatic rings. The molecule has 0 N–H and O–H groups in total. The number of imidazole rings is 1. The number of hydrogen-bond donors (Lipinski definition) is 0. The van der Waals surface area contributed by atoms with Crippen LogP contribution in [0.15, 0.2) is 24.3 Å². The Kier molecular flexibility index (Phi) is 5.25. The van der Waals surface area contributed by atoms with E-state index in [2.05, 4.69) is 4.98 Å². The number of carbonyl (C=O) groups excluding carboxylic acids is 3. The second-order valence-corrected chi connectivity index (χ2v) is 7.73. The second kappa shape index (κ2) is 7.73. The van der Waals surface area contributed by atoms with Gasteiger partial charge in [0.2, 0.25) is 23.5 Å². The van der Waals surface area contributed by atoms with Crippen LogP contribution in [0.25, 0.3) is 11.0 Å². The summed E-state index contributed by atoms with van der Waals surface area (Å²) in [5.74, 6) is -1.93. The highest BCUT2D eigenvalue weighted by Gasteiger charge is 2.38. The lowest BCUT2D eigenvalue weighted by molar-refractivity contribution is -0.148. The van der Waals surface area contributed by atoms with E-state index in [0.29, 0.717) is 37.0 Å². The Bertz CT molecular complexity index is 977. The lowest BCUT2D eigenvalue weighted by atomic mass is 9.96. The van der Waals surface area contributed by atoms with Crippen LogP contribution >= 0.6 is 0 Å². The zero-order chi connectivity index (χ0) is 21.5. The minimum absolute atomic E-state index is 0.0391. The van der Waals surface area contributed by atoms with E-state index in [1.807, 2.05) is 0 Å². The number of halogens is 3. The van der Waals surface area contributed by atoms with Crippen molar-refractivity contribution in [1.82, 2.24) is 19.4 Å². The summed E-state index contributed by atoms with van der Waals surface area (Å²) in [7, 11) is 0. The van der Waals surface area contributed by atoms with Gasteiger partial charge in [-0.15, -0.1) is 0 Å². The van der Waals surface area contributed by atoms with Crippen molar-refractivity contribution in [2.75, 3.05) is 19.6 Å². The largest absolute Gasteiger partial charge is 0.449 e. The van der Waals surface area contributed by atoms with Crippen molar-refractivity contribution in [2.24, 2.45) is 5.92 Å². The quantitative estimate of drug-likeness (QED) is 0.710. The Morgan fingerprint density at radius 1 is 1.07 bits per heavy atom. The first kappa shape index (κ1) is 20.4. The number of rotatable bonds is 4. The number of para-hydroxylation sites is 2. The van der Waals surface area contributed by atoms with Crippen LogP contribution in [0.1, 0.15) is 31.5 Å². The molecule has 0 atom stereocenters. The van der Waals surface area contributed by atoms with Crippen LogP contribution in [-0.2, 0) is 27.1 Å². The number of nitrogens with zero attached hydrogens (tertiary/aromatic N) is 4. The van der Waals surface area contributed by atoms with Gasteiger partial charge in [0.1, 0.15) is 6.54 Å². The zero-order valence-electron chi connectivity index (χ0n) is 16.2. The average Bonchev–Trinajstić information content (AvgIpc) is 3.24. The molecule has 2 aliphatic rings. The van der Waals surface area contributed by atoms with Gasteiger partial charge in [-0.2, -0.15) is 13.2 Å². The van der Waals surface area contributed by atoms with Gasteiger partial charge in [-0.05, 0) is 30.9 Å². The van der Waals surface area contributed by atoms with Gasteiger partial charge >= 0.3 is 6.18 Å². The molecule has 30 heavy (non-hydrogen) atoms. The molecule has 0 saturated carbocycles. The molecule has 3 amide bonds. The SMILES string of the molecule is O=C(CN1C(=O)CCC1=O)N1CCC(Cn2c(C(F)(F)F)nc3ccccc32)CC1. The van der Waals surface area contributed by atoms with Gasteiger partial charge in [0, 0.05) is 32.5 Å². The monoisotopic (exact) mass is 422 g/mol. The van der Waals surface area contributed by atoms with Crippen molar-refractivity contribution in [1.29, 1.82) is 0 Å². The first-order valence-electron chi connectivity index (χ1n) is 9.87. The minimum atomic E-state index is -4.55. The molecular weight excluding hydrogens is 401 g/mol. The van der Waals surface area contributed by atoms with E-state index in [0.717, 1.165) is 4.90 Å². The van der Waals surface area contributed by atoms with Gasteiger partial charge in [0.05, 0.1) is 11.0 Å². The summed E-state index contributed by atoms with van der Waals surface area (Å²) < 4.78 is 41.6. The molecule has 2 fully saturated rings. The van der Waals surface area contributed by atoms with Gasteiger partial charge in [-0.3, -0.25) is 19.3 Å². The summed E-state index contributed by atoms with van der Waals surface area (Å²) >= 11 is 0. The molecular formula is C20H21F3N4O3. The third-order valence-corrected chi connectivity index (χ3v) is 5.76. The fraction of sp³-hybridized carbons (Fsp3) is 0.500. The number of alkyl halides is 3. The first-order chi connectivity index (χ1) is 14.2. The summed E-state index contributed by atoms with van der Waals surface area (Å²) in [5.41, 5.74) is 0.742. The fourth-order valence-corrected chi connectivity index (χ4v) is 4.13. The van der Waals surface area contributed by atoms with Crippen molar-refractivity contribution in [3.05, 3.63) is 30.1 Å². The Balaban J connectivity index is 1.41. The number of likely N-dealkylation sites (tertiary alicyclic amines) is 2. The number of benzene rings is 1. The molecule has 0 spiro atoms. The smallest absolute Gasteiger partial charge is 0.341 e. The van der Waals surface area contributed by atoms with Crippen LogP contribution in [0.4, 0.5) is 13.2 Å². The van der Waals surface area contributed by atoms with Gasteiger partial charge in [0.25, 0.3) is 0 Å². The van der Waals surface area contributed by atoms with Crippen LogP contribution < -0.4 is 0 Å². The highest BCUT2D eigenvalue weighted by molar-refractivity contribution is 6.04. The van der Waals surface area contributed by atoms with Gasteiger partial charge in [0.15, 0.2) is 0 Å².